The predicted octanol–water partition coefficient (Wildman–Crippen LogP) is 1.65. The Bertz CT molecular complexity index is 200. The van der Waals surface area contributed by atoms with Gasteiger partial charge in [0, 0.05) is 19.0 Å². The van der Waals surface area contributed by atoms with Crippen LogP contribution >= 0.6 is 0 Å². The zero-order valence-electron chi connectivity index (χ0n) is 9.91. The van der Waals surface area contributed by atoms with Crippen molar-refractivity contribution in [2.24, 2.45) is 11.8 Å². The minimum atomic E-state index is 0.0762. The van der Waals surface area contributed by atoms with Gasteiger partial charge in [0.15, 0.2) is 0 Å². The number of aliphatic hydroxyl groups excluding tert-OH is 1. The summed E-state index contributed by atoms with van der Waals surface area (Å²) in [6, 6.07) is 0. The maximum Gasteiger partial charge on any atom is 0.226 e. The molecule has 0 aromatic carbocycles. The molecule has 1 saturated carbocycles. The second kappa shape index (κ2) is 6.11. The summed E-state index contributed by atoms with van der Waals surface area (Å²) in [6.07, 6.45) is 4.35. The molecule has 0 aliphatic heterocycles. The van der Waals surface area contributed by atoms with Crippen molar-refractivity contribution in [1.29, 1.82) is 0 Å². The summed E-state index contributed by atoms with van der Waals surface area (Å²) < 4.78 is 0. The summed E-state index contributed by atoms with van der Waals surface area (Å²) in [5.74, 6) is 0.995. The SMILES string of the molecule is CCCN(CCO)C(=O)C1CCCC1C. The number of carbonyl (C=O) groups excluding carboxylic acids is 1. The van der Waals surface area contributed by atoms with Crippen molar-refractivity contribution in [3.8, 4) is 0 Å². The Morgan fingerprint density at radius 1 is 1.40 bits per heavy atom. The molecule has 1 aliphatic rings. The second-order valence-electron chi connectivity index (χ2n) is 4.56. The van der Waals surface area contributed by atoms with E-state index in [4.69, 9.17) is 5.11 Å². The molecule has 1 aliphatic carbocycles. The van der Waals surface area contributed by atoms with E-state index in [1.165, 1.54) is 12.8 Å². The largest absolute Gasteiger partial charge is 0.395 e. The number of hydrogen-bond acceptors (Lipinski definition) is 2. The Kier molecular flexibility index (Phi) is 5.09. The lowest BCUT2D eigenvalue weighted by Crippen LogP contribution is -2.39. The van der Waals surface area contributed by atoms with Crippen molar-refractivity contribution in [1.82, 2.24) is 4.90 Å². The lowest BCUT2D eigenvalue weighted by atomic mass is 9.96. The van der Waals surface area contributed by atoms with E-state index in [-0.39, 0.29) is 18.4 Å². The Hall–Kier alpha value is -0.570. The van der Waals surface area contributed by atoms with E-state index in [0.29, 0.717) is 12.5 Å². The summed E-state index contributed by atoms with van der Waals surface area (Å²) in [7, 11) is 0. The van der Waals surface area contributed by atoms with Crippen LogP contribution in [-0.4, -0.2) is 35.6 Å². The lowest BCUT2D eigenvalue weighted by Gasteiger charge is -2.26. The average Bonchev–Trinajstić information content (AvgIpc) is 2.63. The molecule has 1 rings (SSSR count). The Balaban J connectivity index is 2.54. The van der Waals surface area contributed by atoms with Gasteiger partial charge in [-0.15, -0.1) is 0 Å². The number of rotatable bonds is 5. The number of amides is 1. The van der Waals surface area contributed by atoms with Crippen LogP contribution in [0.4, 0.5) is 0 Å². The Morgan fingerprint density at radius 3 is 2.60 bits per heavy atom. The smallest absolute Gasteiger partial charge is 0.226 e. The van der Waals surface area contributed by atoms with Gasteiger partial charge in [-0.1, -0.05) is 20.3 Å². The number of hydrogen-bond donors (Lipinski definition) is 1. The first-order valence-corrected chi connectivity index (χ1v) is 6.10. The van der Waals surface area contributed by atoms with Gasteiger partial charge in [-0.05, 0) is 25.2 Å². The quantitative estimate of drug-likeness (QED) is 0.754. The normalized spacial score (nSPS) is 25.5. The number of nitrogens with zero attached hydrogens (tertiary/aromatic N) is 1. The van der Waals surface area contributed by atoms with Crippen molar-refractivity contribution in [3.05, 3.63) is 0 Å². The van der Waals surface area contributed by atoms with Crippen LogP contribution < -0.4 is 0 Å². The molecule has 1 fully saturated rings. The van der Waals surface area contributed by atoms with Crippen LogP contribution in [0.5, 0.6) is 0 Å². The molecular weight excluding hydrogens is 190 g/mol. The third-order valence-corrected chi connectivity index (χ3v) is 3.35. The molecule has 0 aromatic heterocycles. The van der Waals surface area contributed by atoms with E-state index in [1.54, 1.807) is 0 Å². The van der Waals surface area contributed by atoms with Crippen LogP contribution in [0.2, 0.25) is 0 Å². The van der Waals surface area contributed by atoms with E-state index in [1.807, 2.05) is 4.90 Å². The van der Waals surface area contributed by atoms with E-state index < -0.39 is 0 Å². The van der Waals surface area contributed by atoms with Gasteiger partial charge in [-0.2, -0.15) is 0 Å². The number of aliphatic hydroxyl groups is 1. The van der Waals surface area contributed by atoms with E-state index in [2.05, 4.69) is 13.8 Å². The first-order valence-electron chi connectivity index (χ1n) is 6.10. The predicted molar refractivity (Wildman–Crippen MR) is 60.5 cm³/mol. The summed E-state index contributed by atoms with van der Waals surface area (Å²) in [4.78, 5) is 14.0. The van der Waals surface area contributed by atoms with Gasteiger partial charge in [0.2, 0.25) is 5.91 Å². The van der Waals surface area contributed by atoms with Gasteiger partial charge in [0.25, 0.3) is 0 Å². The third kappa shape index (κ3) is 3.20. The second-order valence-corrected chi connectivity index (χ2v) is 4.56. The van der Waals surface area contributed by atoms with Gasteiger partial charge in [-0.25, -0.2) is 0 Å². The highest BCUT2D eigenvalue weighted by Crippen LogP contribution is 2.32. The minimum Gasteiger partial charge on any atom is -0.395 e. The molecule has 0 bridgehead atoms. The highest BCUT2D eigenvalue weighted by Gasteiger charge is 2.32. The first-order chi connectivity index (χ1) is 7.20. The van der Waals surface area contributed by atoms with Gasteiger partial charge in [0.1, 0.15) is 0 Å². The molecule has 0 saturated heterocycles. The molecule has 0 spiro atoms. The fourth-order valence-electron chi connectivity index (χ4n) is 2.47. The molecule has 3 nitrogen and oxygen atoms in total. The third-order valence-electron chi connectivity index (χ3n) is 3.35. The fourth-order valence-corrected chi connectivity index (χ4v) is 2.47. The standard InChI is InChI=1S/C12H23NO2/c1-3-7-13(8-9-14)12(15)11-6-4-5-10(11)2/h10-11,14H,3-9H2,1-2H3. The van der Waals surface area contributed by atoms with Crippen LogP contribution in [0.1, 0.15) is 39.5 Å². The van der Waals surface area contributed by atoms with E-state index in [9.17, 15) is 4.79 Å². The highest BCUT2D eigenvalue weighted by molar-refractivity contribution is 5.79. The molecule has 1 amide bonds. The van der Waals surface area contributed by atoms with Crippen molar-refractivity contribution in [2.45, 2.75) is 39.5 Å². The van der Waals surface area contributed by atoms with Crippen molar-refractivity contribution in [3.63, 3.8) is 0 Å². The first kappa shape index (κ1) is 12.5. The van der Waals surface area contributed by atoms with Crippen LogP contribution in [0, 0.1) is 11.8 Å². The minimum absolute atomic E-state index is 0.0762. The van der Waals surface area contributed by atoms with Crippen LogP contribution in [0.3, 0.4) is 0 Å². The Morgan fingerprint density at radius 2 is 2.13 bits per heavy atom. The van der Waals surface area contributed by atoms with Gasteiger partial charge < -0.3 is 10.0 Å². The zero-order chi connectivity index (χ0) is 11.3. The van der Waals surface area contributed by atoms with E-state index in [0.717, 1.165) is 19.4 Å². The van der Waals surface area contributed by atoms with Gasteiger partial charge in [0.05, 0.1) is 6.61 Å². The fraction of sp³-hybridized carbons (Fsp3) is 0.917. The molecule has 88 valence electrons. The average molecular weight is 213 g/mol. The molecular formula is C12H23NO2. The van der Waals surface area contributed by atoms with Crippen LogP contribution in [-0.2, 0) is 4.79 Å². The maximum atomic E-state index is 12.2. The van der Waals surface area contributed by atoms with Gasteiger partial charge >= 0.3 is 0 Å². The lowest BCUT2D eigenvalue weighted by molar-refractivity contribution is -0.137. The van der Waals surface area contributed by atoms with Gasteiger partial charge in [-0.3, -0.25) is 4.79 Å². The molecule has 2 unspecified atom stereocenters. The summed E-state index contributed by atoms with van der Waals surface area (Å²) in [6.45, 7) is 5.58. The molecule has 0 aromatic rings. The maximum absolute atomic E-state index is 12.2. The molecule has 1 N–H and O–H groups in total. The number of carbonyl (C=O) groups is 1. The molecule has 15 heavy (non-hydrogen) atoms. The van der Waals surface area contributed by atoms with Crippen LogP contribution in [0.15, 0.2) is 0 Å². The molecule has 3 heteroatoms. The van der Waals surface area contributed by atoms with Crippen molar-refractivity contribution in [2.75, 3.05) is 19.7 Å². The molecule has 0 radical (unpaired) electrons. The summed E-state index contributed by atoms with van der Waals surface area (Å²) >= 11 is 0. The van der Waals surface area contributed by atoms with E-state index >= 15 is 0 Å². The van der Waals surface area contributed by atoms with Crippen molar-refractivity contribution >= 4 is 5.91 Å². The monoisotopic (exact) mass is 213 g/mol. The molecule has 0 heterocycles. The van der Waals surface area contributed by atoms with Crippen molar-refractivity contribution < 1.29 is 9.90 Å². The molecule has 2 atom stereocenters. The summed E-state index contributed by atoms with van der Waals surface area (Å²) in [5, 5.41) is 8.93. The zero-order valence-corrected chi connectivity index (χ0v) is 9.91. The van der Waals surface area contributed by atoms with Crippen LogP contribution in [0.25, 0.3) is 0 Å². The topological polar surface area (TPSA) is 40.5 Å². The summed E-state index contributed by atoms with van der Waals surface area (Å²) in [5.41, 5.74) is 0. The Labute approximate surface area is 92.5 Å². The highest BCUT2D eigenvalue weighted by atomic mass is 16.3.